The number of nitrogens with one attached hydrogen (secondary N) is 1. The highest BCUT2D eigenvalue weighted by molar-refractivity contribution is 5.97. The molecule has 1 N–H and O–H groups in total. The van der Waals surface area contributed by atoms with Gasteiger partial charge in [0, 0.05) is 43.3 Å². The van der Waals surface area contributed by atoms with E-state index in [1.165, 1.54) is 19.2 Å². The highest BCUT2D eigenvalue weighted by Gasteiger charge is 2.38. The first-order chi connectivity index (χ1) is 14.9. The number of carbonyl (C=O) groups excluding carboxylic acids is 2. The summed E-state index contributed by atoms with van der Waals surface area (Å²) in [7, 11) is 1.39. The summed E-state index contributed by atoms with van der Waals surface area (Å²) in [4.78, 5) is 32.1. The van der Waals surface area contributed by atoms with E-state index in [-0.39, 0.29) is 41.3 Å². The lowest BCUT2D eigenvalue weighted by Gasteiger charge is -2.48. The van der Waals surface area contributed by atoms with Gasteiger partial charge < -0.3 is 19.9 Å². The van der Waals surface area contributed by atoms with Crippen molar-refractivity contribution in [3.05, 3.63) is 29.6 Å². The Morgan fingerprint density at radius 2 is 1.87 bits per heavy atom. The van der Waals surface area contributed by atoms with Crippen molar-refractivity contribution in [3.8, 4) is 5.75 Å². The lowest BCUT2D eigenvalue weighted by Crippen LogP contribution is -2.60. The van der Waals surface area contributed by atoms with Gasteiger partial charge in [0.15, 0.2) is 11.6 Å². The molecule has 0 radical (unpaired) electrons. The van der Waals surface area contributed by atoms with Crippen molar-refractivity contribution in [1.29, 1.82) is 0 Å². The molecule has 1 aliphatic carbocycles. The van der Waals surface area contributed by atoms with Crippen LogP contribution in [-0.2, 0) is 4.79 Å². The van der Waals surface area contributed by atoms with Crippen LogP contribution in [0.5, 0.6) is 5.75 Å². The molecule has 4 rings (SSSR count). The molecule has 1 saturated carbocycles. The number of ether oxygens (including phenoxy) is 1. The molecule has 8 heteroatoms. The maximum Gasteiger partial charge on any atom is 0.254 e. The predicted molar refractivity (Wildman–Crippen MR) is 116 cm³/mol. The molecule has 3 fully saturated rings. The number of hydrogen-bond acceptors (Lipinski definition) is 5. The van der Waals surface area contributed by atoms with E-state index < -0.39 is 5.82 Å². The summed E-state index contributed by atoms with van der Waals surface area (Å²) in [6, 6.07) is 4.27. The van der Waals surface area contributed by atoms with Crippen LogP contribution >= 0.6 is 0 Å². The van der Waals surface area contributed by atoms with E-state index in [2.05, 4.69) is 17.1 Å². The number of piperidine rings is 1. The smallest absolute Gasteiger partial charge is 0.254 e. The van der Waals surface area contributed by atoms with E-state index in [4.69, 9.17) is 4.74 Å². The molecule has 0 bridgehead atoms. The van der Waals surface area contributed by atoms with Crippen LogP contribution in [0, 0.1) is 5.82 Å². The Labute approximate surface area is 183 Å². The first-order valence-corrected chi connectivity index (χ1v) is 11.3. The third-order valence-corrected chi connectivity index (χ3v) is 7.03. The maximum absolute atomic E-state index is 14.1. The predicted octanol–water partition coefficient (Wildman–Crippen LogP) is 1.73. The fourth-order valence-electron chi connectivity index (χ4n) is 4.74. The van der Waals surface area contributed by atoms with Crippen LogP contribution < -0.4 is 10.1 Å². The maximum atomic E-state index is 14.1. The van der Waals surface area contributed by atoms with Gasteiger partial charge in [0.25, 0.3) is 5.91 Å². The van der Waals surface area contributed by atoms with Gasteiger partial charge in [0.05, 0.1) is 7.11 Å². The lowest BCUT2D eigenvalue weighted by atomic mass is 9.88. The zero-order valence-corrected chi connectivity index (χ0v) is 18.5. The van der Waals surface area contributed by atoms with Gasteiger partial charge in [-0.2, -0.15) is 0 Å². The van der Waals surface area contributed by atoms with Gasteiger partial charge in [-0.1, -0.05) is 0 Å². The van der Waals surface area contributed by atoms with Crippen LogP contribution in [0.3, 0.4) is 0 Å². The van der Waals surface area contributed by atoms with E-state index in [1.54, 1.807) is 11.0 Å². The van der Waals surface area contributed by atoms with Gasteiger partial charge in [-0.25, -0.2) is 4.39 Å². The molecular weight excluding hydrogens is 399 g/mol. The van der Waals surface area contributed by atoms with Crippen LogP contribution in [0.25, 0.3) is 0 Å². The average Bonchev–Trinajstić information content (AvgIpc) is 3.62. The summed E-state index contributed by atoms with van der Waals surface area (Å²) in [6.07, 6.45) is 4.03. The number of hydrogen-bond donors (Lipinski definition) is 1. The molecule has 7 nitrogen and oxygen atoms in total. The Kier molecular flexibility index (Phi) is 6.48. The first-order valence-electron chi connectivity index (χ1n) is 11.3. The first kappa shape index (κ1) is 22.0. The second-order valence-corrected chi connectivity index (χ2v) is 9.13. The summed E-state index contributed by atoms with van der Waals surface area (Å²) in [5.74, 6) is -0.786. The minimum atomic E-state index is -0.571. The molecule has 2 heterocycles. The van der Waals surface area contributed by atoms with Crippen molar-refractivity contribution >= 4 is 11.8 Å². The summed E-state index contributed by atoms with van der Waals surface area (Å²) < 4.78 is 19.0. The molecule has 3 aliphatic rings. The van der Waals surface area contributed by atoms with Crippen molar-refractivity contribution in [3.63, 3.8) is 0 Å². The second-order valence-electron chi connectivity index (χ2n) is 9.13. The molecule has 2 aliphatic heterocycles. The third-order valence-electron chi connectivity index (χ3n) is 7.03. The van der Waals surface area contributed by atoms with Crippen LogP contribution in [0.15, 0.2) is 18.2 Å². The molecule has 1 aromatic rings. The molecule has 0 atom stereocenters. The Balaban J connectivity index is 1.36. The molecule has 0 spiro atoms. The SMILES string of the molecule is COc1ccc(C(=O)N(CC(=O)N2CCN(C3(C)CCNCC3)CC2)C2CC2)cc1F. The lowest BCUT2D eigenvalue weighted by molar-refractivity contribution is -0.135. The van der Waals surface area contributed by atoms with E-state index in [0.717, 1.165) is 51.9 Å². The van der Waals surface area contributed by atoms with Gasteiger partial charge in [0.1, 0.15) is 6.54 Å². The summed E-state index contributed by atoms with van der Waals surface area (Å²) in [5.41, 5.74) is 0.455. The molecule has 31 heavy (non-hydrogen) atoms. The Morgan fingerprint density at radius 3 is 2.45 bits per heavy atom. The van der Waals surface area contributed by atoms with E-state index >= 15 is 0 Å². The van der Waals surface area contributed by atoms with E-state index in [0.29, 0.717) is 13.1 Å². The molecule has 0 unspecified atom stereocenters. The van der Waals surface area contributed by atoms with Gasteiger partial charge in [-0.05, 0) is 63.9 Å². The average molecular weight is 433 g/mol. The van der Waals surface area contributed by atoms with Crippen LogP contribution in [0.1, 0.15) is 43.0 Å². The summed E-state index contributed by atoms with van der Waals surface area (Å²) in [5, 5.41) is 3.42. The number of piperazine rings is 1. The molecule has 170 valence electrons. The fraction of sp³-hybridized carbons (Fsp3) is 0.652. The van der Waals surface area contributed by atoms with Crippen molar-refractivity contribution in [2.75, 3.05) is 52.9 Å². The van der Waals surface area contributed by atoms with E-state index in [1.807, 2.05) is 4.90 Å². The number of rotatable bonds is 6. The molecule has 0 aromatic heterocycles. The van der Waals surface area contributed by atoms with Crippen LogP contribution in [-0.4, -0.2) is 91.0 Å². The Bertz CT molecular complexity index is 815. The minimum Gasteiger partial charge on any atom is -0.494 e. The van der Waals surface area contributed by atoms with Gasteiger partial charge in [0.2, 0.25) is 5.91 Å². The van der Waals surface area contributed by atoms with Crippen molar-refractivity contribution in [1.82, 2.24) is 20.0 Å². The summed E-state index contributed by atoms with van der Waals surface area (Å²) >= 11 is 0. The minimum absolute atomic E-state index is 0.0238. The number of halogens is 1. The number of carbonyl (C=O) groups is 2. The quantitative estimate of drug-likeness (QED) is 0.742. The normalized spacial score (nSPS) is 21.6. The number of nitrogens with zero attached hydrogens (tertiary/aromatic N) is 3. The second kappa shape index (κ2) is 9.12. The van der Waals surface area contributed by atoms with Crippen molar-refractivity contribution in [2.24, 2.45) is 0 Å². The number of methoxy groups -OCH3 is 1. The molecular formula is C23H33FN4O3. The highest BCUT2D eigenvalue weighted by Crippen LogP contribution is 2.30. The van der Waals surface area contributed by atoms with E-state index in [9.17, 15) is 14.0 Å². The Hall–Kier alpha value is -2.19. The highest BCUT2D eigenvalue weighted by atomic mass is 19.1. The summed E-state index contributed by atoms with van der Waals surface area (Å²) in [6.45, 7) is 7.56. The number of benzene rings is 1. The zero-order valence-electron chi connectivity index (χ0n) is 18.5. The van der Waals surface area contributed by atoms with Crippen molar-refractivity contribution in [2.45, 2.75) is 44.2 Å². The van der Waals surface area contributed by atoms with Crippen LogP contribution in [0.4, 0.5) is 4.39 Å². The van der Waals surface area contributed by atoms with Crippen molar-refractivity contribution < 1.29 is 18.7 Å². The Morgan fingerprint density at radius 1 is 1.19 bits per heavy atom. The monoisotopic (exact) mass is 432 g/mol. The topological polar surface area (TPSA) is 65.1 Å². The van der Waals surface area contributed by atoms with Gasteiger partial charge >= 0.3 is 0 Å². The largest absolute Gasteiger partial charge is 0.494 e. The number of amides is 2. The molecule has 1 aromatic carbocycles. The fourth-order valence-corrected chi connectivity index (χ4v) is 4.74. The third kappa shape index (κ3) is 4.85. The standard InChI is InChI=1S/C23H33FN4O3/c1-23(7-9-25-10-8-23)27-13-11-26(12-14-27)21(29)16-28(18-4-5-18)22(30)17-3-6-20(31-2)19(24)15-17/h3,6,15,18,25H,4-5,7-14,16H2,1-2H3. The van der Waals surface area contributed by atoms with Crippen LogP contribution in [0.2, 0.25) is 0 Å². The zero-order chi connectivity index (χ0) is 22.0. The van der Waals surface area contributed by atoms with Gasteiger partial charge in [-0.15, -0.1) is 0 Å². The molecule has 2 amide bonds. The molecule has 2 saturated heterocycles. The van der Waals surface area contributed by atoms with Gasteiger partial charge in [-0.3, -0.25) is 14.5 Å².